The van der Waals surface area contributed by atoms with Crippen LogP contribution in [0.1, 0.15) is 70.1 Å². The van der Waals surface area contributed by atoms with Gasteiger partial charge >= 0.3 is 11.7 Å². The monoisotopic (exact) mass is 608 g/mol. The molecule has 0 aliphatic rings. The number of aromatic nitrogens is 2. The molecule has 0 bridgehead atoms. The third kappa shape index (κ3) is 7.59. The van der Waals surface area contributed by atoms with Crippen LogP contribution in [0.2, 0.25) is 0 Å². The fourth-order valence-electron chi connectivity index (χ4n) is 4.62. The summed E-state index contributed by atoms with van der Waals surface area (Å²) < 4.78 is 19.1. The maximum absolute atomic E-state index is 13.1. The molecule has 0 amide bonds. The van der Waals surface area contributed by atoms with Crippen molar-refractivity contribution in [3.8, 4) is 17.3 Å². The van der Waals surface area contributed by atoms with Crippen LogP contribution in [0.15, 0.2) is 71.5 Å². The lowest BCUT2D eigenvalue weighted by Gasteiger charge is -2.19. The van der Waals surface area contributed by atoms with Gasteiger partial charge in [-0.2, -0.15) is 0 Å². The Morgan fingerprint density at radius 3 is 2.45 bits per heavy atom. The second kappa shape index (κ2) is 15.0. The van der Waals surface area contributed by atoms with Crippen molar-refractivity contribution in [2.24, 2.45) is 0 Å². The average molecular weight is 609 g/mol. The maximum atomic E-state index is 13.1. The minimum absolute atomic E-state index is 0.0905. The summed E-state index contributed by atoms with van der Waals surface area (Å²) in [6.07, 6.45) is 8.12. The van der Waals surface area contributed by atoms with Gasteiger partial charge in [-0.3, -0.25) is 4.57 Å². The number of methoxy groups -OCH3 is 2. The number of benzene rings is 2. The van der Waals surface area contributed by atoms with E-state index in [2.05, 4.69) is 16.3 Å². The SMILES string of the molecule is CCCCCC(OCc1ccc(OC)cc1)c1ccc(-n2c(CC=Cc3ccc(C(=O)OC)s3)c(O)n(P)c2=O)cc1. The van der Waals surface area contributed by atoms with E-state index >= 15 is 0 Å². The number of thiophene rings is 1. The number of allylic oxidation sites excluding steroid dienone is 1. The Morgan fingerprint density at radius 2 is 1.79 bits per heavy atom. The quantitative estimate of drug-likeness (QED) is 0.0948. The molecule has 0 radical (unpaired) electrons. The Bertz CT molecular complexity index is 1550. The molecule has 0 aliphatic heterocycles. The van der Waals surface area contributed by atoms with Crippen LogP contribution in [0, 0.1) is 0 Å². The van der Waals surface area contributed by atoms with Crippen LogP contribution >= 0.6 is 20.7 Å². The molecule has 0 saturated heterocycles. The summed E-state index contributed by atoms with van der Waals surface area (Å²) in [7, 11) is 5.27. The number of rotatable bonds is 14. The van der Waals surface area contributed by atoms with Crippen molar-refractivity contribution in [3.63, 3.8) is 0 Å². The Morgan fingerprint density at radius 1 is 1.05 bits per heavy atom. The van der Waals surface area contributed by atoms with Gasteiger partial charge in [0.15, 0.2) is 0 Å². The Kier molecular flexibility index (Phi) is 11.2. The van der Waals surface area contributed by atoms with Gasteiger partial charge in [0.2, 0.25) is 5.88 Å². The standard InChI is InChI=1S/C32H37N2O6PS/c1-4-5-6-10-28(40-21-22-11-17-25(38-2)18-12-22)23-13-15-24(16-14-23)33-27(30(35)34(41)32(33)37)9-7-8-26-19-20-29(42-26)31(36)39-3/h7-8,11-20,28,35H,4-6,9-10,21,41H2,1-3H3. The number of imidazole rings is 1. The zero-order chi connectivity index (χ0) is 30.1. The van der Waals surface area contributed by atoms with Crippen LogP contribution in [0.3, 0.4) is 0 Å². The van der Waals surface area contributed by atoms with Crippen LogP contribution in [-0.2, 0) is 22.5 Å². The first-order chi connectivity index (χ1) is 20.4. The molecule has 2 aromatic carbocycles. The third-order valence-electron chi connectivity index (χ3n) is 6.96. The highest BCUT2D eigenvalue weighted by atomic mass is 32.1. The highest BCUT2D eigenvalue weighted by molar-refractivity contribution is 7.15. The van der Waals surface area contributed by atoms with E-state index in [9.17, 15) is 14.7 Å². The molecule has 0 saturated carbocycles. The molecule has 2 atom stereocenters. The molecule has 10 heteroatoms. The van der Waals surface area contributed by atoms with Gasteiger partial charge in [-0.25, -0.2) is 13.9 Å². The summed E-state index contributed by atoms with van der Waals surface area (Å²) >= 11 is 1.31. The van der Waals surface area contributed by atoms with Crippen molar-refractivity contribution >= 4 is 32.8 Å². The van der Waals surface area contributed by atoms with Crippen LogP contribution in [-0.4, -0.2) is 34.2 Å². The molecule has 4 aromatic rings. The second-order valence-electron chi connectivity index (χ2n) is 9.79. The van der Waals surface area contributed by atoms with E-state index in [4.69, 9.17) is 14.2 Å². The lowest BCUT2D eigenvalue weighted by Crippen LogP contribution is -2.19. The number of carbonyl (C=O) groups is 1. The number of carbonyl (C=O) groups excluding carboxylic acids is 1. The highest BCUT2D eigenvalue weighted by Gasteiger charge is 2.19. The van der Waals surface area contributed by atoms with Crippen molar-refractivity contribution in [1.82, 2.24) is 8.90 Å². The van der Waals surface area contributed by atoms with Gasteiger partial charge in [-0.1, -0.05) is 56.5 Å². The number of aromatic hydroxyl groups is 1. The van der Waals surface area contributed by atoms with Crippen LogP contribution < -0.4 is 10.4 Å². The number of ether oxygens (including phenoxy) is 3. The maximum Gasteiger partial charge on any atom is 0.348 e. The summed E-state index contributed by atoms with van der Waals surface area (Å²) in [6, 6.07) is 19.2. The molecule has 42 heavy (non-hydrogen) atoms. The lowest BCUT2D eigenvalue weighted by molar-refractivity contribution is 0.0322. The molecular formula is C32H37N2O6PS. The first-order valence-corrected chi connectivity index (χ1v) is 15.2. The molecule has 0 aliphatic carbocycles. The number of hydrogen-bond donors (Lipinski definition) is 1. The predicted molar refractivity (Wildman–Crippen MR) is 170 cm³/mol. The van der Waals surface area contributed by atoms with Crippen molar-refractivity contribution in [2.45, 2.75) is 51.7 Å². The van der Waals surface area contributed by atoms with Gasteiger partial charge in [0.1, 0.15) is 10.6 Å². The Hall–Kier alpha value is -3.65. The van der Waals surface area contributed by atoms with Crippen LogP contribution in [0.5, 0.6) is 11.6 Å². The van der Waals surface area contributed by atoms with Crippen molar-refractivity contribution < 1.29 is 24.1 Å². The number of esters is 1. The first-order valence-electron chi connectivity index (χ1n) is 13.9. The summed E-state index contributed by atoms with van der Waals surface area (Å²) in [4.78, 5) is 26.2. The second-order valence-corrected chi connectivity index (χ2v) is 11.4. The minimum Gasteiger partial charge on any atom is -0.497 e. The molecule has 222 valence electrons. The van der Waals surface area contributed by atoms with E-state index in [1.807, 2.05) is 66.7 Å². The van der Waals surface area contributed by atoms with Gasteiger partial charge in [-0.05, 0) is 69.4 Å². The summed E-state index contributed by atoms with van der Waals surface area (Å²) in [6.45, 7) is 2.66. The molecule has 2 heterocycles. The zero-order valence-electron chi connectivity index (χ0n) is 24.1. The van der Waals surface area contributed by atoms with Gasteiger partial charge in [0.25, 0.3) is 0 Å². The van der Waals surface area contributed by atoms with E-state index in [1.165, 1.54) is 23.0 Å². The molecule has 0 fully saturated rings. The van der Waals surface area contributed by atoms with E-state index in [1.54, 1.807) is 13.2 Å². The molecule has 2 unspecified atom stereocenters. The fraction of sp³-hybridized carbons (Fsp3) is 0.312. The summed E-state index contributed by atoms with van der Waals surface area (Å²) in [5.74, 6) is 0.303. The van der Waals surface area contributed by atoms with Crippen molar-refractivity contribution in [2.75, 3.05) is 14.2 Å². The Labute approximate surface area is 252 Å². The van der Waals surface area contributed by atoms with Gasteiger partial charge in [0.05, 0.1) is 38.3 Å². The van der Waals surface area contributed by atoms with Crippen molar-refractivity contribution in [1.29, 1.82) is 0 Å². The molecule has 8 nitrogen and oxygen atoms in total. The summed E-state index contributed by atoms with van der Waals surface area (Å²) in [5.41, 5.74) is 2.84. The van der Waals surface area contributed by atoms with E-state index < -0.39 is 0 Å². The van der Waals surface area contributed by atoms with Gasteiger partial charge in [0, 0.05) is 11.3 Å². The smallest absolute Gasteiger partial charge is 0.348 e. The normalized spacial score (nSPS) is 12.1. The van der Waals surface area contributed by atoms with E-state index in [0.29, 0.717) is 29.3 Å². The first kappa shape index (κ1) is 31.3. The summed E-state index contributed by atoms with van der Waals surface area (Å²) in [5, 5.41) is 10.7. The molecule has 1 N–H and O–H groups in total. The van der Waals surface area contributed by atoms with Crippen LogP contribution in [0.4, 0.5) is 0 Å². The number of hydrogen-bond acceptors (Lipinski definition) is 7. The van der Waals surface area contributed by atoms with Gasteiger partial charge < -0.3 is 19.3 Å². The Balaban J connectivity index is 1.53. The van der Waals surface area contributed by atoms with Crippen molar-refractivity contribution in [3.05, 3.63) is 104 Å². The topological polar surface area (TPSA) is 91.9 Å². The molecule has 4 rings (SSSR count). The molecule has 0 spiro atoms. The average Bonchev–Trinajstić information content (AvgIpc) is 3.58. The predicted octanol–water partition coefficient (Wildman–Crippen LogP) is 6.93. The highest BCUT2D eigenvalue weighted by Crippen LogP contribution is 2.29. The van der Waals surface area contributed by atoms with E-state index in [0.717, 1.165) is 51.8 Å². The number of nitrogens with zero attached hydrogens (tertiary/aromatic N) is 2. The minimum atomic E-state index is -0.381. The lowest BCUT2D eigenvalue weighted by atomic mass is 10.0. The molecule has 2 aromatic heterocycles. The number of unbranched alkanes of at least 4 members (excludes halogenated alkanes) is 2. The van der Waals surface area contributed by atoms with E-state index in [-0.39, 0.29) is 23.6 Å². The van der Waals surface area contributed by atoms with Crippen LogP contribution in [0.25, 0.3) is 11.8 Å². The largest absolute Gasteiger partial charge is 0.497 e. The zero-order valence-corrected chi connectivity index (χ0v) is 26.1. The fourth-order valence-corrected chi connectivity index (χ4v) is 5.75. The van der Waals surface area contributed by atoms with Gasteiger partial charge in [-0.15, -0.1) is 11.3 Å². The third-order valence-corrected chi connectivity index (χ3v) is 8.46. The molecular weight excluding hydrogens is 571 g/mol.